The van der Waals surface area contributed by atoms with E-state index in [0.29, 0.717) is 41.7 Å². The van der Waals surface area contributed by atoms with Crippen LogP contribution in [0.25, 0.3) is 10.9 Å². The first-order valence-corrected chi connectivity index (χ1v) is 10.5. The maximum absolute atomic E-state index is 13.5. The number of fused-ring (bicyclic) bond motifs is 1. The molecule has 2 atom stereocenters. The zero-order chi connectivity index (χ0) is 21.8. The summed E-state index contributed by atoms with van der Waals surface area (Å²) in [5.41, 5.74) is 1.29. The van der Waals surface area contributed by atoms with Crippen LogP contribution in [0.3, 0.4) is 0 Å². The molecule has 10 heteroatoms. The van der Waals surface area contributed by atoms with Crippen molar-refractivity contribution in [3.63, 3.8) is 0 Å². The molecular weight excluding hydrogens is 458 g/mol. The third-order valence-corrected chi connectivity index (χ3v) is 5.47. The zero-order valence-electron chi connectivity index (χ0n) is 17.7. The molecule has 0 amide bonds. The fourth-order valence-electron chi connectivity index (χ4n) is 3.56. The fraction of sp³-hybridized carbons (Fsp3) is 0.364. The largest absolute Gasteiger partial charge is 0.493 e. The Morgan fingerprint density at radius 1 is 1.28 bits per heavy atom. The van der Waals surface area contributed by atoms with Crippen molar-refractivity contribution in [1.29, 1.82) is 0 Å². The second-order valence-electron chi connectivity index (χ2n) is 7.20. The van der Waals surface area contributed by atoms with Gasteiger partial charge < -0.3 is 24.8 Å². The quantitative estimate of drug-likeness (QED) is 0.503. The summed E-state index contributed by atoms with van der Waals surface area (Å²) in [6.45, 7) is 4.16. The number of halogens is 3. The van der Waals surface area contributed by atoms with Crippen LogP contribution in [0, 0.1) is 5.82 Å². The highest BCUT2D eigenvalue weighted by Crippen LogP contribution is 2.36. The maximum atomic E-state index is 13.5. The van der Waals surface area contributed by atoms with Gasteiger partial charge in [0, 0.05) is 23.7 Å². The molecule has 7 nitrogen and oxygen atoms in total. The summed E-state index contributed by atoms with van der Waals surface area (Å²) < 4.78 is 31.0. The molecule has 32 heavy (non-hydrogen) atoms. The number of methoxy groups -OCH3 is 1. The molecule has 1 aliphatic rings. The molecule has 2 aromatic carbocycles. The van der Waals surface area contributed by atoms with Gasteiger partial charge in [-0.3, -0.25) is 0 Å². The van der Waals surface area contributed by atoms with Gasteiger partial charge in [-0.25, -0.2) is 14.4 Å². The number of benzene rings is 2. The van der Waals surface area contributed by atoms with Crippen molar-refractivity contribution in [2.75, 3.05) is 32.2 Å². The van der Waals surface area contributed by atoms with E-state index in [1.54, 1.807) is 13.2 Å². The van der Waals surface area contributed by atoms with Crippen LogP contribution < -0.4 is 20.1 Å². The van der Waals surface area contributed by atoms with Gasteiger partial charge in [-0.2, -0.15) is 0 Å². The molecule has 4 rings (SSSR count). The predicted octanol–water partition coefficient (Wildman–Crippen LogP) is 4.74. The van der Waals surface area contributed by atoms with Gasteiger partial charge in [0.1, 0.15) is 24.1 Å². The molecule has 0 bridgehead atoms. The van der Waals surface area contributed by atoms with E-state index in [2.05, 4.69) is 27.5 Å². The molecule has 2 heterocycles. The first-order chi connectivity index (χ1) is 15.1. The number of aromatic nitrogens is 2. The third kappa shape index (κ3) is 5.32. The van der Waals surface area contributed by atoms with Crippen LogP contribution in [-0.4, -0.2) is 49.0 Å². The minimum Gasteiger partial charge on any atom is -0.493 e. The average molecular weight is 483 g/mol. The second kappa shape index (κ2) is 11.0. The third-order valence-electron chi connectivity index (χ3n) is 5.18. The molecule has 1 fully saturated rings. The smallest absolute Gasteiger partial charge is 0.162 e. The van der Waals surface area contributed by atoms with Gasteiger partial charge in [-0.1, -0.05) is 18.5 Å². The van der Waals surface area contributed by atoms with Gasteiger partial charge >= 0.3 is 0 Å². The molecule has 3 aromatic rings. The Morgan fingerprint density at radius 2 is 2.12 bits per heavy atom. The highest BCUT2D eigenvalue weighted by atomic mass is 35.5. The number of nitrogens with one attached hydrogen (secondary N) is 2. The lowest BCUT2D eigenvalue weighted by Crippen LogP contribution is -2.50. The van der Waals surface area contributed by atoms with Crippen LogP contribution in [-0.2, 0) is 4.74 Å². The van der Waals surface area contributed by atoms with E-state index in [9.17, 15) is 4.39 Å². The van der Waals surface area contributed by atoms with E-state index in [1.807, 2.05) is 12.1 Å². The first kappa shape index (κ1) is 24.3. The summed E-state index contributed by atoms with van der Waals surface area (Å²) in [4.78, 5) is 8.70. The highest BCUT2D eigenvalue weighted by molar-refractivity contribution is 6.31. The number of morpholine rings is 1. The Bertz CT molecular complexity index is 1070. The minimum absolute atomic E-state index is 0. The minimum atomic E-state index is -0.480. The van der Waals surface area contributed by atoms with Crippen molar-refractivity contribution in [3.05, 3.63) is 47.5 Å². The molecule has 0 radical (unpaired) electrons. The molecule has 0 spiro atoms. The van der Waals surface area contributed by atoms with Crippen molar-refractivity contribution in [3.8, 4) is 11.5 Å². The van der Waals surface area contributed by atoms with Crippen molar-refractivity contribution < 1.29 is 18.6 Å². The number of nitrogens with zero attached hydrogens (tertiary/aromatic N) is 2. The zero-order valence-corrected chi connectivity index (χ0v) is 19.3. The van der Waals surface area contributed by atoms with E-state index in [4.69, 9.17) is 25.8 Å². The van der Waals surface area contributed by atoms with Crippen LogP contribution in [0.1, 0.15) is 13.3 Å². The molecular formula is C22H25Cl2FN4O3. The molecule has 1 saturated heterocycles. The van der Waals surface area contributed by atoms with Gasteiger partial charge in [-0.05, 0) is 30.7 Å². The monoisotopic (exact) mass is 482 g/mol. The highest BCUT2D eigenvalue weighted by Gasteiger charge is 2.25. The van der Waals surface area contributed by atoms with E-state index < -0.39 is 5.82 Å². The molecule has 1 aliphatic heterocycles. The summed E-state index contributed by atoms with van der Waals surface area (Å²) >= 11 is 5.91. The fourth-order valence-corrected chi connectivity index (χ4v) is 3.74. The van der Waals surface area contributed by atoms with Crippen LogP contribution in [0.4, 0.5) is 15.9 Å². The second-order valence-corrected chi connectivity index (χ2v) is 7.60. The first-order valence-electron chi connectivity index (χ1n) is 10.1. The summed E-state index contributed by atoms with van der Waals surface area (Å²) in [6, 6.07) is 8.16. The lowest BCUT2D eigenvalue weighted by Gasteiger charge is -2.31. The normalized spacial score (nSPS) is 16.8. The SMILES string of the molecule is CCC(Oc1cc2c(Nc3ccc(F)c(Cl)c3)ncnc2cc1OC)C1COCCN1.Cl. The summed E-state index contributed by atoms with van der Waals surface area (Å²) in [5, 5.41) is 7.39. The Hall–Kier alpha value is -2.39. The van der Waals surface area contributed by atoms with E-state index in [-0.39, 0.29) is 29.6 Å². The molecule has 2 N–H and O–H groups in total. The number of rotatable bonds is 7. The number of ether oxygens (including phenoxy) is 3. The van der Waals surface area contributed by atoms with E-state index in [0.717, 1.165) is 18.4 Å². The number of hydrogen-bond acceptors (Lipinski definition) is 7. The van der Waals surface area contributed by atoms with Crippen LogP contribution in [0.5, 0.6) is 11.5 Å². The Morgan fingerprint density at radius 3 is 2.81 bits per heavy atom. The summed E-state index contributed by atoms with van der Waals surface area (Å²) in [5.74, 6) is 1.24. The molecule has 1 aromatic heterocycles. The van der Waals surface area contributed by atoms with Crippen molar-refractivity contribution >= 4 is 46.4 Å². The van der Waals surface area contributed by atoms with Crippen molar-refractivity contribution in [2.45, 2.75) is 25.5 Å². The molecule has 0 saturated carbocycles. The van der Waals surface area contributed by atoms with Gasteiger partial charge in [0.2, 0.25) is 0 Å². The van der Waals surface area contributed by atoms with Gasteiger partial charge in [-0.15, -0.1) is 12.4 Å². The van der Waals surface area contributed by atoms with Crippen LogP contribution in [0.2, 0.25) is 5.02 Å². The molecule has 0 aliphatic carbocycles. The number of hydrogen-bond donors (Lipinski definition) is 2. The van der Waals surface area contributed by atoms with Crippen LogP contribution >= 0.6 is 24.0 Å². The number of anilines is 2. The molecule has 172 valence electrons. The van der Waals surface area contributed by atoms with Gasteiger partial charge in [0.15, 0.2) is 11.5 Å². The average Bonchev–Trinajstić information content (AvgIpc) is 2.80. The molecule has 2 unspecified atom stereocenters. The topological polar surface area (TPSA) is 77.5 Å². The van der Waals surface area contributed by atoms with Gasteiger partial charge in [0.05, 0.1) is 36.9 Å². The lowest BCUT2D eigenvalue weighted by atomic mass is 10.1. The lowest BCUT2D eigenvalue weighted by molar-refractivity contribution is 0.0259. The van der Waals surface area contributed by atoms with E-state index in [1.165, 1.54) is 18.5 Å². The summed E-state index contributed by atoms with van der Waals surface area (Å²) in [6.07, 6.45) is 2.16. The Labute approximate surface area is 197 Å². The standard InChI is InChI=1S/C22H24ClFN4O3.ClH/c1-3-19(18-11-30-7-6-25-18)31-21-9-14-17(10-20(21)29-2)26-12-27-22(14)28-13-4-5-16(24)15(23)8-13;/h4-5,8-10,12,18-19,25H,3,6-7,11H2,1-2H3,(H,26,27,28);1H. The van der Waals surface area contributed by atoms with Crippen molar-refractivity contribution in [2.24, 2.45) is 0 Å². The van der Waals surface area contributed by atoms with Gasteiger partial charge in [0.25, 0.3) is 0 Å². The predicted molar refractivity (Wildman–Crippen MR) is 125 cm³/mol. The van der Waals surface area contributed by atoms with Crippen LogP contribution in [0.15, 0.2) is 36.7 Å². The van der Waals surface area contributed by atoms with Crippen molar-refractivity contribution in [1.82, 2.24) is 15.3 Å². The maximum Gasteiger partial charge on any atom is 0.162 e. The Balaban J connectivity index is 0.00000289. The van der Waals surface area contributed by atoms with E-state index >= 15 is 0 Å². The summed E-state index contributed by atoms with van der Waals surface area (Å²) in [7, 11) is 1.60. The Kier molecular flexibility index (Phi) is 8.31.